The Morgan fingerprint density at radius 2 is 1.96 bits per heavy atom. The van der Waals surface area contributed by atoms with E-state index in [9.17, 15) is 8.78 Å². The fourth-order valence-corrected chi connectivity index (χ4v) is 2.23. The zero-order chi connectivity index (χ0) is 17.8. The fraction of sp³-hybridized carbons (Fsp3) is 0.588. The molecule has 0 saturated carbocycles. The third-order valence-corrected chi connectivity index (χ3v) is 3.62. The molecule has 0 unspecified atom stereocenters. The van der Waals surface area contributed by atoms with E-state index < -0.39 is 11.6 Å². The van der Waals surface area contributed by atoms with Crippen molar-refractivity contribution in [3.63, 3.8) is 0 Å². The first kappa shape index (κ1) is 20.3. The lowest BCUT2D eigenvalue weighted by Crippen LogP contribution is -2.41. The van der Waals surface area contributed by atoms with Crippen LogP contribution in [0.1, 0.15) is 12.0 Å². The molecule has 0 aliphatic carbocycles. The number of likely N-dealkylation sites (N-methyl/N-ethyl adjacent to an activating group) is 1. The maximum absolute atomic E-state index is 13.6. The normalized spacial score (nSPS) is 11.8. The summed E-state index contributed by atoms with van der Waals surface area (Å²) in [7, 11) is 5.44. The summed E-state index contributed by atoms with van der Waals surface area (Å²) in [5.41, 5.74) is 0.357. The number of hydrogen-bond acceptors (Lipinski definition) is 3. The van der Waals surface area contributed by atoms with Crippen molar-refractivity contribution < 1.29 is 13.5 Å². The second kappa shape index (κ2) is 11.8. The van der Waals surface area contributed by atoms with E-state index in [0.717, 1.165) is 38.7 Å². The highest BCUT2D eigenvalue weighted by molar-refractivity contribution is 5.79. The van der Waals surface area contributed by atoms with Gasteiger partial charge in [-0.2, -0.15) is 0 Å². The summed E-state index contributed by atoms with van der Waals surface area (Å²) in [6.45, 7) is 3.84. The molecule has 1 aromatic rings. The summed E-state index contributed by atoms with van der Waals surface area (Å²) in [6.07, 6.45) is 1.39. The van der Waals surface area contributed by atoms with Crippen molar-refractivity contribution in [3.8, 4) is 0 Å². The molecule has 2 N–H and O–H groups in total. The predicted molar refractivity (Wildman–Crippen MR) is 93.4 cm³/mol. The number of guanidine groups is 1. The third kappa shape index (κ3) is 7.70. The summed E-state index contributed by atoms with van der Waals surface area (Å²) in [6, 6.07) is 4.22. The molecule has 0 bridgehead atoms. The van der Waals surface area contributed by atoms with Crippen molar-refractivity contribution in [1.82, 2.24) is 15.5 Å². The van der Waals surface area contributed by atoms with Crippen LogP contribution in [-0.2, 0) is 11.2 Å². The molecule has 0 fully saturated rings. The summed E-state index contributed by atoms with van der Waals surface area (Å²) in [4.78, 5) is 6.33. The van der Waals surface area contributed by atoms with Gasteiger partial charge in [-0.3, -0.25) is 4.99 Å². The maximum atomic E-state index is 13.6. The van der Waals surface area contributed by atoms with Gasteiger partial charge < -0.3 is 20.3 Å². The van der Waals surface area contributed by atoms with Crippen molar-refractivity contribution in [3.05, 3.63) is 35.4 Å². The van der Waals surface area contributed by atoms with Crippen LogP contribution in [0.25, 0.3) is 0 Å². The Kier molecular flexibility index (Phi) is 9.95. The summed E-state index contributed by atoms with van der Waals surface area (Å²) in [5.74, 6) is -0.941. The Bertz CT molecular complexity index is 511. The van der Waals surface area contributed by atoms with E-state index in [1.54, 1.807) is 20.2 Å². The van der Waals surface area contributed by atoms with Gasteiger partial charge >= 0.3 is 0 Å². The first-order valence-corrected chi connectivity index (χ1v) is 8.13. The molecule has 0 amide bonds. The first-order chi connectivity index (χ1) is 11.6. The second-order valence-corrected chi connectivity index (χ2v) is 5.54. The molecule has 0 aliphatic heterocycles. The molecule has 0 saturated heterocycles. The summed E-state index contributed by atoms with van der Waals surface area (Å²) >= 11 is 0. The molecule has 24 heavy (non-hydrogen) atoms. The van der Waals surface area contributed by atoms with E-state index in [1.165, 1.54) is 6.07 Å². The fourth-order valence-electron chi connectivity index (χ4n) is 2.23. The van der Waals surface area contributed by atoms with Gasteiger partial charge in [-0.05, 0) is 31.5 Å². The van der Waals surface area contributed by atoms with E-state index in [4.69, 9.17) is 4.74 Å². The van der Waals surface area contributed by atoms with Gasteiger partial charge in [0.15, 0.2) is 17.6 Å². The Hall–Kier alpha value is -1.73. The molecular formula is C17H28F2N4O. The zero-order valence-corrected chi connectivity index (χ0v) is 14.7. The number of hydrogen-bond donors (Lipinski definition) is 2. The smallest absolute Gasteiger partial charge is 0.191 e. The van der Waals surface area contributed by atoms with Gasteiger partial charge in [0, 0.05) is 46.9 Å². The van der Waals surface area contributed by atoms with Gasteiger partial charge in [-0.15, -0.1) is 0 Å². The minimum absolute atomic E-state index is 0.357. The molecule has 1 aromatic carbocycles. The van der Waals surface area contributed by atoms with Crippen molar-refractivity contribution in [2.75, 3.05) is 54.0 Å². The molecule has 0 aliphatic rings. The molecule has 0 atom stereocenters. The lowest BCUT2D eigenvalue weighted by Gasteiger charge is -2.18. The van der Waals surface area contributed by atoms with E-state index >= 15 is 0 Å². The molecule has 7 heteroatoms. The lowest BCUT2D eigenvalue weighted by molar-refractivity contribution is 0.180. The second-order valence-electron chi connectivity index (χ2n) is 5.54. The van der Waals surface area contributed by atoms with E-state index in [-0.39, 0.29) is 0 Å². The topological polar surface area (TPSA) is 48.9 Å². The highest BCUT2D eigenvalue weighted by atomic mass is 19.2. The molecular weight excluding hydrogens is 314 g/mol. The van der Waals surface area contributed by atoms with Gasteiger partial charge in [-0.1, -0.05) is 12.1 Å². The number of nitrogens with zero attached hydrogens (tertiary/aromatic N) is 2. The van der Waals surface area contributed by atoms with Gasteiger partial charge in [0.1, 0.15) is 0 Å². The Labute approximate surface area is 143 Å². The number of halogens is 2. The van der Waals surface area contributed by atoms with Crippen molar-refractivity contribution in [2.24, 2.45) is 4.99 Å². The van der Waals surface area contributed by atoms with E-state index in [1.807, 2.05) is 0 Å². The largest absolute Gasteiger partial charge is 0.385 e. The van der Waals surface area contributed by atoms with Crippen LogP contribution in [0.5, 0.6) is 0 Å². The quantitative estimate of drug-likeness (QED) is 0.386. The Morgan fingerprint density at radius 1 is 1.21 bits per heavy atom. The highest BCUT2D eigenvalue weighted by Gasteiger charge is 2.07. The Morgan fingerprint density at radius 3 is 2.67 bits per heavy atom. The summed E-state index contributed by atoms with van der Waals surface area (Å²) < 4.78 is 31.7. The number of rotatable bonds is 10. The third-order valence-electron chi connectivity index (χ3n) is 3.62. The maximum Gasteiger partial charge on any atom is 0.191 e. The summed E-state index contributed by atoms with van der Waals surface area (Å²) in [5, 5.41) is 6.30. The SMILES string of the molecule is CN=C(NCCc1cccc(F)c1F)NCCN(C)CCCOC. The van der Waals surface area contributed by atoms with Crippen LogP contribution < -0.4 is 10.6 Å². The number of ether oxygens (including phenoxy) is 1. The van der Waals surface area contributed by atoms with Crippen LogP contribution in [0.3, 0.4) is 0 Å². The van der Waals surface area contributed by atoms with Crippen molar-refractivity contribution in [1.29, 1.82) is 0 Å². The molecule has 1 rings (SSSR count). The average Bonchev–Trinajstić information content (AvgIpc) is 2.57. The number of benzene rings is 1. The monoisotopic (exact) mass is 342 g/mol. The lowest BCUT2D eigenvalue weighted by atomic mass is 10.1. The molecule has 0 heterocycles. The van der Waals surface area contributed by atoms with Crippen LogP contribution in [0.2, 0.25) is 0 Å². The standard InChI is InChI=1S/C17H28F2N4O/c1-20-17(22-10-12-23(2)11-5-13-24-3)21-9-8-14-6-4-7-15(18)16(14)19/h4,6-7H,5,8-13H2,1-3H3,(H2,20,21,22). The predicted octanol–water partition coefficient (Wildman–Crippen LogP) is 1.64. The average molecular weight is 342 g/mol. The van der Waals surface area contributed by atoms with E-state index in [0.29, 0.717) is 24.5 Å². The minimum Gasteiger partial charge on any atom is -0.385 e. The molecule has 0 aromatic heterocycles. The van der Waals surface area contributed by atoms with Gasteiger partial charge in [0.25, 0.3) is 0 Å². The first-order valence-electron chi connectivity index (χ1n) is 8.13. The van der Waals surface area contributed by atoms with Crippen LogP contribution in [0.4, 0.5) is 8.78 Å². The minimum atomic E-state index is -0.813. The van der Waals surface area contributed by atoms with Crippen LogP contribution in [-0.4, -0.2) is 64.9 Å². The molecule has 136 valence electrons. The highest BCUT2D eigenvalue weighted by Crippen LogP contribution is 2.11. The van der Waals surface area contributed by atoms with Crippen LogP contribution in [0.15, 0.2) is 23.2 Å². The number of nitrogens with one attached hydrogen (secondary N) is 2. The number of methoxy groups -OCH3 is 1. The van der Waals surface area contributed by atoms with Gasteiger partial charge in [0.05, 0.1) is 0 Å². The Balaban J connectivity index is 2.24. The zero-order valence-electron chi connectivity index (χ0n) is 14.7. The van der Waals surface area contributed by atoms with Gasteiger partial charge in [0.2, 0.25) is 0 Å². The number of aliphatic imine (C=N–C) groups is 1. The van der Waals surface area contributed by atoms with E-state index in [2.05, 4.69) is 27.6 Å². The van der Waals surface area contributed by atoms with Crippen molar-refractivity contribution in [2.45, 2.75) is 12.8 Å². The van der Waals surface area contributed by atoms with Gasteiger partial charge in [-0.25, -0.2) is 8.78 Å². The molecule has 5 nitrogen and oxygen atoms in total. The van der Waals surface area contributed by atoms with Crippen molar-refractivity contribution >= 4 is 5.96 Å². The molecule has 0 radical (unpaired) electrons. The molecule has 0 spiro atoms. The van der Waals surface area contributed by atoms with Crippen LogP contribution >= 0.6 is 0 Å². The van der Waals surface area contributed by atoms with Crippen LogP contribution in [0, 0.1) is 11.6 Å².